The fourth-order valence-corrected chi connectivity index (χ4v) is 1.83. The van der Waals surface area contributed by atoms with Crippen LogP contribution in [-0.4, -0.2) is 19.0 Å². The number of nitrogens with one attached hydrogen (secondary N) is 2. The van der Waals surface area contributed by atoms with Gasteiger partial charge in [0.1, 0.15) is 0 Å². The van der Waals surface area contributed by atoms with E-state index < -0.39 is 0 Å². The normalized spacial score (nSPS) is 14.0. The van der Waals surface area contributed by atoms with Gasteiger partial charge in [0.05, 0.1) is 6.04 Å². The van der Waals surface area contributed by atoms with Crippen molar-refractivity contribution in [1.29, 1.82) is 0 Å². The number of amides is 1. The first-order valence-corrected chi connectivity index (χ1v) is 6.62. The number of carbonyl (C=O) groups excluding carboxylic acids is 1. The van der Waals surface area contributed by atoms with Gasteiger partial charge in [-0.25, -0.2) is 0 Å². The van der Waals surface area contributed by atoms with Crippen molar-refractivity contribution in [2.45, 2.75) is 33.7 Å². The third kappa shape index (κ3) is 4.49. The molecule has 1 rings (SSSR count). The van der Waals surface area contributed by atoms with Gasteiger partial charge in [0.2, 0.25) is 5.91 Å². The van der Waals surface area contributed by atoms with Gasteiger partial charge in [-0.1, -0.05) is 43.7 Å². The Kier molecular flexibility index (Phi) is 5.86. The van der Waals surface area contributed by atoms with Crippen LogP contribution in [-0.2, 0) is 4.79 Å². The molecule has 0 aromatic heterocycles. The highest BCUT2D eigenvalue weighted by Crippen LogP contribution is 2.14. The fraction of sp³-hybridized carbons (Fsp3) is 0.533. The molecule has 0 fully saturated rings. The van der Waals surface area contributed by atoms with Crippen molar-refractivity contribution in [2.75, 3.05) is 13.1 Å². The summed E-state index contributed by atoms with van der Waals surface area (Å²) in [5.74, 6) is 0.0992. The maximum atomic E-state index is 12.0. The Morgan fingerprint density at radius 2 is 2.06 bits per heavy atom. The zero-order valence-electron chi connectivity index (χ0n) is 11.8. The van der Waals surface area contributed by atoms with Crippen LogP contribution in [0.15, 0.2) is 24.3 Å². The lowest BCUT2D eigenvalue weighted by molar-refractivity contribution is -0.125. The molecule has 0 radical (unpaired) electrons. The smallest absolute Gasteiger partial charge is 0.224 e. The zero-order chi connectivity index (χ0) is 13.5. The van der Waals surface area contributed by atoms with E-state index in [-0.39, 0.29) is 17.9 Å². The van der Waals surface area contributed by atoms with Crippen LogP contribution in [0.3, 0.4) is 0 Å². The Morgan fingerprint density at radius 1 is 1.33 bits per heavy atom. The topological polar surface area (TPSA) is 41.1 Å². The van der Waals surface area contributed by atoms with Gasteiger partial charge in [-0.05, 0) is 26.0 Å². The molecule has 18 heavy (non-hydrogen) atoms. The summed E-state index contributed by atoms with van der Waals surface area (Å²) in [6, 6.07) is 8.30. The largest absolute Gasteiger partial charge is 0.349 e. The molecule has 1 unspecified atom stereocenters. The Morgan fingerprint density at radius 3 is 2.67 bits per heavy atom. The van der Waals surface area contributed by atoms with Crippen molar-refractivity contribution in [3.05, 3.63) is 35.4 Å². The average molecular weight is 248 g/mol. The van der Waals surface area contributed by atoms with Gasteiger partial charge in [0, 0.05) is 12.5 Å². The van der Waals surface area contributed by atoms with Crippen molar-refractivity contribution in [3.63, 3.8) is 0 Å². The van der Waals surface area contributed by atoms with Crippen molar-refractivity contribution >= 4 is 5.91 Å². The summed E-state index contributed by atoms with van der Waals surface area (Å²) in [5.41, 5.74) is 2.37. The third-order valence-electron chi connectivity index (χ3n) is 3.05. The van der Waals surface area contributed by atoms with Crippen LogP contribution in [0, 0.1) is 12.8 Å². The van der Waals surface area contributed by atoms with Gasteiger partial charge in [-0.2, -0.15) is 0 Å². The summed E-state index contributed by atoms with van der Waals surface area (Å²) in [7, 11) is 0. The maximum absolute atomic E-state index is 12.0. The lowest BCUT2D eigenvalue weighted by atomic mass is 10.0. The minimum absolute atomic E-state index is 0.00258. The number of rotatable bonds is 6. The van der Waals surface area contributed by atoms with Crippen LogP contribution >= 0.6 is 0 Å². The molecule has 1 aromatic carbocycles. The molecule has 0 aliphatic carbocycles. The van der Waals surface area contributed by atoms with Crippen LogP contribution in [0.2, 0.25) is 0 Å². The highest BCUT2D eigenvalue weighted by Gasteiger charge is 2.15. The van der Waals surface area contributed by atoms with E-state index in [4.69, 9.17) is 0 Å². The molecule has 2 atom stereocenters. The Labute approximate surface area is 110 Å². The Hall–Kier alpha value is -1.35. The number of hydrogen-bond acceptors (Lipinski definition) is 2. The first-order chi connectivity index (χ1) is 8.54. The maximum Gasteiger partial charge on any atom is 0.224 e. The number of carbonyl (C=O) groups is 1. The van der Waals surface area contributed by atoms with Crippen molar-refractivity contribution in [1.82, 2.24) is 10.6 Å². The summed E-state index contributed by atoms with van der Waals surface area (Å²) in [4.78, 5) is 12.0. The van der Waals surface area contributed by atoms with Gasteiger partial charge >= 0.3 is 0 Å². The molecule has 1 amide bonds. The Bertz CT molecular complexity index is 390. The van der Waals surface area contributed by atoms with E-state index in [1.54, 1.807) is 0 Å². The fourth-order valence-electron chi connectivity index (χ4n) is 1.83. The minimum atomic E-state index is -0.00258. The van der Waals surface area contributed by atoms with E-state index in [1.165, 1.54) is 5.56 Å². The third-order valence-corrected chi connectivity index (χ3v) is 3.05. The lowest BCUT2D eigenvalue weighted by Crippen LogP contribution is -2.36. The molecule has 0 saturated carbocycles. The molecule has 1 aromatic rings. The van der Waals surface area contributed by atoms with Crippen LogP contribution < -0.4 is 10.6 Å². The van der Waals surface area contributed by atoms with Gasteiger partial charge in [-0.15, -0.1) is 0 Å². The van der Waals surface area contributed by atoms with Crippen molar-refractivity contribution in [3.8, 4) is 0 Å². The van der Waals surface area contributed by atoms with Crippen LogP contribution in [0.25, 0.3) is 0 Å². The van der Waals surface area contributed by atoms with Crippen molar-refractivity contribution in [2.24, 2.45) is 5.92 Å². The van der Waals surface area contributed by atoms with E-state index in [2.05, 4.69) is 29.7 Å². The number of hydrogen-bond donors (Lipinski definition) is 2. The molecular weight excluding hydrogens is 224 g/mol. The molecule has 3 heteroatoms. The van der Waals surface area contributed by atoms with E-state index in [0.29, 0.717) is 0 Å². The second-order valence-corrected chi connectivity index (χ2v) is 4.85. The molecule has 0 aliphatic heterocycles. The average Bonchev–Trinajstić information content (AvgIpc) is 2.35. The second kappa shape index (κ2) is 7.17. The van der Waals surface area contributed by atoms with E-state index in [0.717, 1.165) is 18.7 Å². The summed E-state index contributed by atoms with van der Waals surface area (Å²) in [6.45, 7) is 9.69. The zero-order valence-corrected chi connectivity index (χ0v) is 11.8. The molecule has 2 N–H and O–H groups in total. The summed E-state index contributed by atoms with van der Waals surface area (Å²) in [6.07, 6.45) is 0. The second-order valence-electron chi connectivity index (χ2n) is 4.85. The molecular formula is C15H24N2O. The number of aryl methyl sites for hydroxylation is 1. The van der Waals surface area contributed by atoms with E-state index in [1.807, 2.05) is 32.9 Å². The molecule has 0 spiro atoms. The van der Waals surface area contributed by atoms with Crippen LogP contribution in [0.5, 0.6) is 0 Å². The van der Waals surface area contributed by atoms with Gasteiger partial charge in [-0.3, -0.25) is 4.79 Å². The quantitative estimate of drug-likeness (QED) is 0.811. The minimum Gasteiger partial charge on any atom is -0.349 e. The summed E-state index contributed by atoms with van der Waals surface area (Å²) in [5, 5.41) is 6.24. The SMILES string of the molecule is CCNCC(C)C(=O)N[C@H](C)c1cccc(C)c1. The predicted molar refractivity (Wildman–Crippen MR) is 75.4 cm³/mol. The molecule has 0 bridgehead atoms. The molecule has 0 saturated heterocycles. The predicted octanol–water partition coefficient (Wildman–Crippen LogP) is 2.42. The Balaban J connectivity index is 2.54. The van der Waals surface area contributed by atoms with Gasteiger partial charge in [0.25, 0.3) is 0 Å². The molecule has 0 aliphatic rings. The standard InChI is InChI=1S/C15H24N2O/c1-5-16-10-12(3)15(18)17-13(4)14-8-6-7-11(2)9-14/h6-9,12-13,16H,5,10H2,1-4H3,(H,17,18)/t12?,13-/m1/s1. The first kappa shape index (κ1) is 14.7. The van der Waals surface area contributed by atoms with Crippen LogP contribution in [0.1, 0.15) is 37.9 Å². The van der Waals surface area contributed by atoms with E-state index >= 15 is 0 Å². The lowest BCUT2D eigenvalue weighted by Gasteiger charge is -2.18. The molecule has 3 nitrogen and oxygen atoms in total. The summed E-state index contributed by atoms with van der Waals surface area (Å²) < 4.78 is 0. The summed E-state index contributed by atoms with van der Waals surface area (Å²) >= 11 is 0. The number of benzene rings is 1. The van der Waals surface area contributed by atoms with Gasteiger partial charge < -0.3 is 10.6 Å². The highest BCUT2D eigenvalue weighted by molar-refractivity contribution is 5.78. The van der Waals surface area contributed by atoms with E-state index in [9.17, 15) is 4.79 Å². The van der Waals surface area contributed by atoms with Crippen molar-refractivity contribution < 1.29 is 4.79 Å². The first-order valence-electron chi connectivity index (χ1n) is 6.62. The molecule has 100 valence electrons. The highest BCUT2D eigenvalue weighted by atomic mass is 16.1. The molecule has 0 heterocycles. The van der Waals surface area contributed by atoms with Gasteiger partial charge in [0.15, 0.2) is 0 Å². The van der Waals surface area contributed by atoms with Crippen LogP contribution in [0.4, 0.5) is 0 Å². The monoisotopic (exact) mass is 248 g/mol.